The summed E-state index contributed by atoms with van der Waals surface area (Å²) in [7, 11) is 1.86. The van der Waals surface area contributed by atoms with Gasteiger partial charge in [-0.3, -0.25) is 4.99 Å². The van der Waals surface area contributed by atoms with Gasteiger partial charge in [0.15, 0.2) is 5.96 Å². The molecule has 2 aliphatic rings. The van der Waals surface area contributed by atoms with Gasteiger partial charge >= 0.3 is 0 Å². The van der Waals surface area contributed by atoms with Gasteiger partial charge in [0.1, 0.15) is 5.82 Å². The van der Waals surface area contributed by atoms with Crippen molar-refractivity contribution in [2.24, 2.45) is 4.99 Å². The van der Waals surface area contributed by atoms with Crippen LogP contribution in [0.3, 0.4) is 0 Å². The second-order valence-corrected chi connectivity index (χ2v) is 6.06. The second-order valence-electron chi connectivity index (χ2n) is 6.06. The molecule has 2 saturated heterocycles. The number of rotatable bonds is 4. The molecule has 23 heavy (non-hydrogen) atoms. The summed E-state index contributed by atoms with van der Waals surface area (Å²) in [6, 6.07) is 6.07. The summed E-state index contributed by atoms with van der Waals surface area (Å²) in [4.78, 5) is 13.5. The van der Waals surface area contributed by atoms with Crippen molar-refractivity contribution in [1.29, 1.82) is 0 Å². The SMILES string of the molecule is CN=C(NCCC1CCCO1)N1CCN(c2ccccn2)CC1. The Morgan fingerprint density at radius 2 is 2.22 bits per heavy atom. The number of aromatic nitrogens is 1. The molecule has 0 radical (unpaired) electrons. The van der Waals surface area contributed by atoms with Crippen molar-refractivity contribution in [3.63, 3.8) is 0 Å². The fourth-order valence-corrected chi connectivity index (χ4v) is 3.24. The van der Waals surface area contributed by atoms with Crippen LogP contribution >= 0.6 is 0 Å². The van der Waals surface area contributed by atoms with E-state index in [4.69, 9.17) is 4.74 Å². The molecule has 126 valence electrons. The number of ether oxygens (including phenoxy) is 1. The van der Waals surface area contributed by atoms with E-state index in [1.807, 2.05) is 25.4 Å². The fraction of sp³-hybridized carbons (Fsp3) is 0.647. The molecule has 0 amide bonds. The Bertz CT molecular complexity index is 493. The predicted octanol–water partition coefficient (Wildman–Crippen LogP) is 1.35. The van der Waals surface area contributed by atoms with E-state index in [0.717, 1.165) is 57.5 Å². The number of piperazine rings is 1. The van der Waals surface area contributed by atoms with Crippen molar-refractivity contribution in [2.45, 2.75) is 25.4 Å². The monoisotopic (exact) mass is 317 g/mol. The number of pyridine rings is 1. The Morgan fingerprint density at radius 1 is 1.35 bits per heavy atom. The van der Waals surface area contributed by atoms with E-state index in [1.165, 1.54) is 12.8 Å². The average molecular weight is 317 g/mol. The summed E-state index contributed by atoms with van der Waals surface area (Å²) in [5.41, 5.74) is 0. The van der Waals surface area contributed by atoms with Gasteiger partial charge in [-0.1, -0.05) is 6.07 Å². The maximum Gasteiger partial charge on any atom is 0.193 e. The van der Waals surface area contributed by atoms with Crippen LogP contribution in [0.1, 0.15) is 19.3 Å². The van der Waals surface area contributed by atoms with Crippen LogP contribution in [0.4, 0.5) is 5.82 Å². The van der Waals surface area contributed by atoms with Crippen LogP contribution in [-0.2, 0) is 4.74 Å². The van der Waals surface area contributed by atoms with Crippen LogP contribution in [0.25, 0.3) is 0 Å². The number of anilines is 1. The molecular formula is C17H27N5O. The maximum atomic E-state index is 5.67. The van der Waals surface area contributed by atoms with Crippen LogP contribution in [0.5, 0.6) is 0 Å². The third kappa shape index (κ3) is 4.34. The minimum Gasteiger partial charge on any atom is -0.378 e. The standard InChI is InChI=1S/C17H27N5O/c1-18-17(20-9-7-15-5-4-14-23-15)22-12-10-21(11-13-22)16-6-2-3-8-19-16/h2-3,6,8,15H,4-5,7,9-14H2,1H3,(H,18,20). The molecule has 1 aromatic heterocycles. The summed E-state index contributed by atoms with van der Waals surface area (Å²) < 4.78 is 5.67. The Balaban J connectivity index is 1.43. The number of guanidine groups is 1. The first kappa shape index (κ1) is 16.1. The summed E-state index contributed by atoms with van der Waals surface area (Å²) in [5.74, 6) is 2.07. The lowest BCUT2D eigenvalue weighted by Crippen LogP contribution is -2.53. The minimum absolute atomic E-state index is 0.432. The molecule has 0 aliphatic carbocycles. The molecule has 1 aromatic rings. The summed E-state index contributed by atoms with van der Waals surface area (Å²) >= 11 is 0. The van der Waals surface area contributed by atoms with E-state index < -0.39 is 0 Å². The van der Waals surface area contributed by atoms with Crippen LogP contribution in [0.2, 0.25) is 0 Å². The van der Waals surface area contributed by atoms with Crippen molar-refractivity contribution >= 4 is 11.8 Å². The Hall–Kier alpha value is -1.82. The summed E-state index contributed by atoms with van der Waals surface area (Å²) in [6.07, 6.45) is 5.75. The number of nitrogens with one attached hydrogen (secondary N) is 1. The fourth-order valence-electron chi connectivity index (χ4n) is 3.24. The van der Waals surface area contributed by atoms with E-state index in [1.54, 1.807) is 0 Å². The van der Waals surface area contributed by atoms with Crippen molar-refractivity contribution in [3.8, 4) is 0 Å². The highest BCUT2D eigenvalue weighted by molar-refractivity contribution is 5.80. The molecule has 6 nitrogen and oxygen atoms in total. The molecule has 0 aromatic carbocycles. The molecule has 3 rings (SSSR count). The van der Waals surface area contributed by atoms with Gasteiger partial charge in [0.2, 0.25) is 0 Å². The predicted molar refractivity (Wildman–Crippen MR) is 93.0 cm³/mol. The summed E-state index contributed by atoms with van der Waals surface area (Å²) in [6.45, 7) is 5.74. The van der Waals surface area contributed by atoms with Gasteiger partial charge in [0, 0.05) is 52.6 Å². The summed E-state index contributed by atoms with van der Waals surface area (Å²) in [5, 5.41) is 3.48. The number of hydrogen-bond donors (Lipinski definition) is 1. The Morgan fingerprint density at radius 3 is 2.87 bits per heavy atom. The van der Waals surface area contributed by atoms with E-state index in [2.05, 4.69) is 31.2 Å². The molecule has 1 atom stereocenters. The number of aliphatic imine (C=N–C) groups is 1. The highest BCUT2D eigenvalue weighted by Gasteiger charge is 2.21. The largest absolute Gasteiger partial charge is 0.378 e. The van der Waals surface area contributed by atoms with E-state index in [9.17, 15) is 0 Å². The van der Waals surface area contributed by atoms with Gasteiger partial charge in [-0.2, -0.15) is 0 Å². The quantitative estimate of drug-likeness (QED) is 0.671. The third-order valence-corrected chi connectivity index (χ3v) is 4.54. The molecule has 0 saturated carbocycles. The molecule has 2 fully saturated rings. The third-order valence-electron chi connectivity index (χ3n) is 4.54. The Labute approximate surface area is 138 Å². The van der Waals surface area contributed by atoms with Gasteiger partial charge in [-0.05, 0) is 31.4 Å². The molecular weight excluding hydrogens is 290 g/mol. The first-order valence-corrected chi connectivity index (χ1v) is 8.60. The average Bonchev–Trinajstić information content (AvgIpc) is 3.13. The lowest BCUT2D eigenvalue weighted by atomic mass is 10.2. The number of nitrogens with zero attached hydrogens (tertiary/aromatic N) is 4. The van der Waals surface area contributed by atoms with Crippen LogP contribution in [-0.4, -0.2) is 68.3 Å². The van der Waals surface area contributed by atoms with Crippen LogP contribution in [0, 0.1) is 0 Å². The Kier molecular flexibility index (Phi) is 5.69. The lowest BCUT2D eigenvalue weighted by molar-refractivity contribution is 0.105. The second kappa shape index (κ2) is 8.15. The van der Waals surface area contributed by atoms with Gasteiger partial charge in [-0.15, -0.1) is 0 Å². The highest BCUT2D eigenvalue weighted by Crippen LogP contribution is 2.15. The zero-order chi connectivity index (χ0) is 15.9. The molecule has 1 unspecified atom stereocenters. The van der Waals surface area contributed by atoms with E-state index in [0.29, 0.717) is 6.10 Å². The van der Waals surface area contributed by atoms with Crippen molar-refractivity contribution in [3.05, 3.63) is 24.4 Å². The molecule has 0 bridgehead atoms. The zero-order valence-corrected chi connectivity index (χ0v) is 13.9. The maximum absolute atomic E-state index is 5.67. The molecule has 1 N–H and O–H groups in total. The first-order chi connectivity index (χ1) is 11.4. The van der Waals surface area contributed by atoms with Crippen molar-refractivity contribution < 1.29 is 4.74 Å². The lowest BCUT2D eigenvalue weighted by Gasteiger charge is -2.37. The molecule has 6 heteroatoms. The number of hydrogen-bond acceptors (Lipinski definition) is 4. The van der Waals surface area contributed by atoms with Gasteiger partial charge in [0.05, 0.1) is 6.10 Å². The first-order valence-electron chi connectivity index (χ1n) is 8.60. The van der Waals surface area contributed by atoms with Crippen LogP contribution < -0.4 is 10.2 Å². The topological polar surface area (TPSA) is 53.0 Å². The molecule has 3 heterocycles. The minimum atomic E-state index is 0.432. The van der Waals surface area contributed by atoms with Gasteiger partial charge in [0.25, 0.3) is 0 Å². The molecule has 0 spiro atoms. The van der Waals surface area contributed by atoms with Gasteiger partial charge < -0.3 is 19.9 Å². The van der Waals surface area contributed by atoms with Crippen molar-refractivity contribution in [2.75, 3.05) is 51.3 Å². The highest BCUT2D eigenvalue weighted by atomic mass is 16.5. The zero-order valence-electron chi connectivity index (χ0n) is 13.9. The van der Waals surface area contributed by atoms with Gasteiger partial charge in [-0.25, -0.2) is 4.98 Å². The van der Waals surface area contributed by atoms with Crippen molar-refractivity contribution in [1.82, 2.24) is 15.2 Å². The normalized spacial score (nSPS) is 22.5. The molecule has 2 aliphatic heterocycles. The van der Waals surface area contributed by atoms with Crippen LogP contribution in [0.15, 0.2) is 29.4 Å². The smallest absolute Gasteiger partial charge is 0.193 e. The van der Waals surface area contributed by atoms with E-state index in [-0.39, 0.29) is 0 Å². The van der Waals surface area contributed by atoms with E-state index >= 15 is 0 Å².